The highest BCUT2D eigenvalue weighted by Gasteiger charge is 2.26. The first-order chi connectivity index (χ1) is 17.4. The molecule has 0 atom stereocenters. The summed E-state index contributed by atoms with van der Waals surface area (Å²) in [6, 6.07) is 16.0. The van der Waals surface area contributed by atoms with E-state index in [1.807, 2.05) is 12.1 Å². The smallest absolute Gasteiger partial charge is 0.261 e. The van der Waals surface area contributed by atoms with E-state index in [0.29, 0.717) is 52.9 Å². The number of methoxy groups -OCH3 is 1. The van der Waals surface area contributed by atoms with Gasteiger partial charge in [0.25, 0.3) is 11.8 Å². The normalized spacial score (nSPS) is 12.7. The summed E-state index contributed by atoms with van der Waals surface area (Å²) in [5, 5.41) is 3.36. The van der Waals surface area contributed by atoms with Crippen LogP contribution in [0.4, 0.5) is 5.95 Å². The molecule has 1 aliphatic rings. The van der Waals surface area contributed by atoms with Crippen molar-refractivity contribution < 1.29 is 18.7 Å². The molecule has 0 aliphatic carbocycles. The number of benzene rings is 2. The standard InChI is InChI=1S/C27H23ClN4O4/c1-16-21(13-24(36-16)17-7-9-19(28)10-8-17)26(34)32-12-11-22-18(15-32)14-29-27(30-22)31-25(33)20-5-3-4-6-23(20)35-2/h3-10,13-14H,11-12,15H2,1-2H3,(H,29,30,31,33). The third-order valence-corrected chi connectivity index (χ3v) is 6.33. The molecule has 36 heavy (non-hydrogen) atoms. The number of rotatable bonds is 5. The van der Waals surface area contributed by atoms with E-state index in [-0.39, 0.29) is 17.8 Å². The van der Waals surface area contributed by atoms with Crippen molar-refractivity contribution in [2.75, 3.05) is 19.0 Å². The second kappa shape index (κ2) is 9.83. The Morgan fingerprint density at radius 2 is 1.89 bits per heavy atom. The Morgan fingerprint density at radius 3 is 2.67 bits per heavy atom. The summed E-state index contributed by atoms with van der Waals surface area (Å²) in [4.78, 5) is 36.5. The molecule has 2 amide bonds. The lowest BCUT2D eigenvalue weighted by Crippen LogP contribution is -2.36. The van der Waals surface area contributed by atoms with Crippen LogP contribution >= 0.6 is 11.6 Å². The molecular formula is C27H23ClN4O4. The molecule has 4 aromatic rings. The van der Waals surface area contributed by atoms with Crippen LogP contribution in [0.15, 0.2) is 65.2 Å². The van der Waals surface area contributed by atoms with Gasteiger partial charge in [-0.25, -0.2) is 9.97 Å². The first-order valence-corrected chi connectivity index (χ1v) is 11.8. The molecule has 0 bridgehead atoms. The van der Waals surface area contributed by atoms with Crippen molar-refractivity contribution in [3.8, 4) is 17.1 Å². The Bertz CT molecular complexity index is 1450. The molecule has 9 heteroatoms. The number of anilines is 1. The van der Waals surface area contributed by atoms with Gasteiger partial charge in [-0.2, -0.15) is 0 Å². The van der Waals surface area contributed by atoms with Crippen molar-refractivity contribution >= 4 is 29.4 Å². The predicted octanol–water partition coefficient (Wildman–Crippen LogP) is 5.16. The monoisotopic (exact) mass is 502 g/mol. The maximum absolute atomic E-state index is 13.3. The maximum atomic E-state index is 13.3. The van der Waals surface area contributed by atoms with Gasteiger partial charge >= 0.3 is 0 Å². The first-order valence-electron chi connectivity index (χ1n) is 11.4. The third-order valence-electron chi connectivity index (χ3n) is 6.07. The Morgan fingerprint density at radius 1 is 1.11 bits per heavy atom. The van der Waals surface area contributed by atoms with Gasteiger partial charge in [0.1, 0.15) is 17.3 Å². The second-order valence-corrected chi connectivity index (χ2v) is 8.82. The van der Waals surface area contributed by atoms with E-state index in [1.165, 1.54) is 7.11 Å². The molecule has 182 valence electrons. The average Bonchev–Trinajstić information content (AvgIpc) is 3.29. The number of aryl methyl sites for hydroxylation is 1. The lowest BCUT2D eigenvalue weighted by Gasteiger charge is -2.28. The quantitative estimate of drug-likeness (QED) is 0.405. The van der Waals surface area contributed by atoms with E-state index in [2.05, 4.69) is 15.3 Å². The Hall–Kier alpha value is -4.17. The predicted molar refractivity (Wildman–Crippen MR) is 135 cm³/mol. The van der Waals surface area contributed by atoms with Crippen LogP contribution in [0.1, 0.15) is 37.7 Å². The fraction of sp³-hybridized carbons (Fsp3) is 0.185. The summed E-state index contributed by atoms with van der Waals surface area (Å²) in [5.41, 5.74) is 3.40. The second-order valence-electron chi connectivity index (χ2n) is 8.38. The van der Waals surface area contributed by atoms with Gasteiger partial charge in [-0.3, -0.25) is 14.9 Å². The lowest BCUT2D eigenvalue weighted by molar-refractivity contribution is 0.0731. The SMILES string of the molecule is COc1ccccc1C(=O)Nc1ncc2c(n1)CCN(C(=O)c1cc(-c3ccc(Cl)cc3)oc1C)C2. The molecule has 1 N–H and O–H groups in total. The largest absolute Gasteiger partial charge is 0.496 e. The van der Waals surface area contributed by atoms with Crippen molar-refractivity contribution in [2.45, 2.75) is 19.9 Å². The fourth-order valence-corrected chi connectivity index (χ4v) is 4.30. The number of fused-ring (bicyclic) bond motifs is 1. The summed E-state index contributed by atoms with van der Waals surface area (Å²) in [5.74, 6) is 1.38. The molecule has 0 fully saturated rings. The molecule has 0 unspecified atom stereocenters. The molecule has 8 nitrogen and oxygen atoms in total. The Labute approximate surface area is 212 Å². The van der Waals surface area contributed by atoms with Gasteiger partial charge in [-0.05, 0) is 49.4 Å². The average molecular weight is 503 g/mol. The van der Waals surface area contributed by atoms with Crippen molar-refractivity contribution in [3.63, 3.8) is 0 Å². The highest BCUT2D eigenvalue weighted by Crippen LogP contribution is 2.29. The minimum atomic E-state index is -0.355. The number of ether oxygens (including phenoxy) is 1. The highest BCUT2D eigenvalue weighted by molar-refractivity contribution is 6.30. The molecule has 2 aromatic heterocycles. The number of para-hydroxylation sites is 1. The summed E-state index contributed by atoms with van der Waals surface area (Å²) in [6.07, 6.45) is 2.20. The number of hydrogen-bond donors (Lipinski definition) is 1. The Kier molecular flexibility index (Phi) is 6.43. The minimum Gasteiger partial charge on any atom is -0.496 e. The van der Waals surface area contributed by atoms with Crippen LogP contribution in [0.25, 0.3) is 11.3 Å². The highest BCUT2D eigenvalue weighted by atomic mass is 35.5. The lowest BCUT2D eigenvalue weighted by atomic mass is 10.1. The van der Waals surface area contributed by atoms with E-state index in [0.717, 1.165) is 16.8 Å². The molecular weight excluding hydrogens is 480 g/mol. The molecule has 3 heterocycles. The molecule has 1 aliphatic heterocycles. The molecule has 0 spiro atoms. The topological polar surface area (TPSA) is 97.6 Å². The third kappa shape index (κ3) is 4.67. The summed E-state index contributed by atoms with van der Waals surface area (Å²) < 4.78 is 11.1. The van der Waals surface area contributed by atoms with Crippen LogP contribution in [0.2, 0.25) is 5.02 Å². The number of aromatic nitrogens is 2. The zero-order valence-corrected chi connectivity index (χ0v) is 20.5. The van der Waals surface area contributed by atoms with Crippen molar-refractivity contribution in [3.05, 3.63) is 94.0 Å². The van der Waals surface area contributed by atoms with Gasteiger partial charge < -0.3 is 14.1 Å². The zero-order chi connectivity index (χ0) is 25.2. The molecule has 2 aromatic carbocycles. The number of furan rings is 1. The van der Waals surface area contributed by atoms with Crippen LogP contribution in [-0.2, 0) is 13.0 Å². The van der Waals surface area contributed by atoms with E-state index < -0.39 is 0 Å². The molecule has 5 rings (SSSR count). The van der Waals surface area contributed by atoms with Gasteiger partial charge in [0, 0.05) is 41.9 Å². The number of nitrogens with one attached hydrogen (secondary N) is 1. The molecule has 0 saturated carbocycles. The number of nitrogens with zero attached hydrogens (tertiary/aromatic N) is 3. The summed E-state index contributed by atoms with van der Waals surface area (Å²) >= 11 is 5.98. The van der Waals surface area contributed by atoms with Crippen LogP contribution in [0.3, 0.4) is 0 Å². The fourth-order valence-electron chi connectivity index (χ4n) is 4.17. The number of carbonyl (C=O) groups is 2. The van der Waals surface area contributed by atoms with Gasteiger partial charge in [0.05, 0.1) is 23.9 Å². The summed E-state index contributed by atoms with van der Waals surface area (Å²) in [7, 11) is 1.51. The van der Waals surface area contributed by atoms with E-state index in [1.54, 1.807) is 60.5 Å². The minimum absolute atomic E-state index is 0.115. The van der Waals surface area contributed by atoms with Crippen LogP contribution in [0, 0.1) is 6.92 Å². The zero-order valence-electron chi connectivity index (χ0n) is 19.7. The number of carbonyl (C=O) groups excluding carboxylic acids is 2. The van der Waals surface area contributed by atoms with E-state index in [9.17, 15) is 9.59 Å². The van der Waals surface area contributed by atoms with Gasteiger partial charge in [0.15, 0.2) is 0 Å². The van der Waals surface area contributed by atoms with Gasteiger partial charge in [0.2, 0.25) is 5.95 Å². The van der Waals surface area contributed by atoms with Crippen molar-refractivity contribution in [2.24, 2.45) is 0 Å². The van der Waals surface area contributed by atoms with Crippen LogP contribution in [0.5, 0.6) is 5.75 Å². The van der Waals surface area contributed by atoms with E-state index in [4.69, 9.17) is 20.8 Å². The molecule has 0 saturated heterocycles. The van der Waals surface area contributed by atoms with E-state index >= 15 is 0 Å². The summed E-state index contributed by atoms with van der Waals surface area (Å²) in [6.45, 7) is 2.64. The van der Waals surface area contributed by atoms with Crippen LogP contribution < -0.4 is 10.1 Å². The van der Waals surface area contributed by atoms with Crippen molar-refractivity contribution in [1.82, 2.24) is 14.9 Å². The van der Waals surface area contributed by atoms with Gasteiger partial charge in [-0.1, -0.05) is 23.7 Å². The first kappa shape index (κ1) is 23.6. The molecule has 0 radical (unpaired) electrons. The number of hydrogen-bond acceptors (Lipinski definition) is 6. The van der Waals surface area contributed by atoms with Crippen LogP contribution in [-0.4, -0.2) is 40.3 Å². The van der Waals surface area contributed by atoms with Gasteiger partial charge in [-0.15, -0.1) is 0 Å². The number of amides is 2. The Balaban J connectivity index is 1.30. The number of halogens is 1. The van der Waals surface area contributed by atoms with Crippen molar-refractivity contribution in [1.29, 1.82) is 0 Å². The maximum Gasteiger partial charge on any atom is 0.261 e.